The van der Waals surface area contributed by atoms with E-state index in [4.69, 9.17) is 4.74 Å². The standard InChI is InChI=1S/C16H12O7/c1-23-10-3-2-6-11(16(10)22)14(20)7-4-9(18)8(5-17)15(21)12(7)13(6)19/h2-4,17-18,21-22H,5H2,1H3. The number of aliphatic hydroxyl groups excluding tert-OH is 1. The summed E-state index contributed by atoms with van der Waals surface area (Å²) in [6, 6.07) is 3.62. The Kier molecular flexibility index (Phi) is 3.23. The maximum atomic E-state index is 12.6. The highest BCUT2D eigenvalue weighted by Gasteiger charge is 2.37. The molecule has 0 unspecified atom stereocenters. The van der Waals surface area contributed by atoms with Crippen LogP contribution in [-0.2, 0) is 6.61 Å². The van der Waals surface area contributed by atoms with Gasteiger partial charge in [0.1, 0.15) is 11.5 Å². The van der Waals surface area contributed by atoms with Crippen LogP contribution in [-0.4, -0.2) is 39.1 Å². The van der Waals surface area contributed by atoms with Crippen molar-refractivity contribution in [3.8, 4) is 23.0 Å². The maximum Gasteiger partial charge on any atom is 0.198 e. The van der Waals surface area contributed by atoms with Gasteiger partial charge in [-0.2, -0.15) is 0 Å². The minimum atomic E-state index is -0.735. The molecular formula is C16H12O7. The van der Waals surface area contributed by atoms with Crippen molar-refractivity contribution >= 4 is 11.6 Å². The number of ketones is 2. The van der Waals surface area contributed by atoms with Crippen molar-refractivity contribution in [2.24, 2.45) is 0 Å². The van der Waals surface area contributed by atoms with Crippen LogP contribution in [0.1, 0.15) is 37.4 Å². The zero-order valence-corrected chi connectivity index (χ0v) is 12.0. The topological polar surface area (TPSA) is 124 Å². The lowest BCUT2D eigenvalue weighted by Gasteiger charge is -2.21. The molecule has 0 atom stereocenters. The number of ether oxygens (including phenoxy) is 1. The Morgan fingerprint density at radius 1 is 0.957 bits per heavy atom. The summed E-state index contributed by atoms with van der Waals surface area (Å²) in [4.78, 5) is 25.2. The van der Waals surface area contributed by atoms with Crippen LogP contribution in [0.4, 0.5) is 0 Å². The molecule has 3 rings (SSSR count). The van der Waals surface area contributed by atoms with E-state index in [0.717, 1.165) is 6.07 Å². The molecule has 0 radical (unpaired) electrons. The molecule has 118 valence electrons. The van der Waals surface area contributed by atoms with Gasteiger partial charge in [-0.1, -0.05) is 0 Å². The van der Waals surface area contributed by atoms with E-state index in [2.05, 4.69) is 0 Å². The minimum absolute atomic E-state index is 0.0220. The van der Waals surface area contributed by atoms with Crippen LogP contribution in [0.5, 0.6) is 23.0 Å². The van der Waals surface area contributed by atoms with Crippen molar-refractivity contribution in [3.63, 3.8) is 0 Å². The Hall–Kier alpha value is -3.06. The number of phenolic OH excluding ortho intramolecular Hbond substituents is 1. The molecule has 0 aliphatic heterocycles. The van der Waals surface area contributed by atoms with Gasteiger partial charge in [0.05, 0.1) is 30.4 Å². The molecule has 2 aromatic carbocycles. The van der Waals surface area contributed by atoms with E-state index >= 15 is 0 Å². The molecule has 0 amide bonds. The third-order valence-corrected chi connectivity index (χ3v) is 3.84. The monoisotopic (exact) mass is 316 g/mol. The summed E-state index contributed by atoms with van der Waals surface area (Å²) in [7, 11) is 1.30. The van der Waals surface area contributed by atoms with Gasteiger partial charge < -0.3 is 25.2 Å². The Morgan fingerprint density at radius 3 is 2.17 bits per heavy atom. The van der Waals surface area contributed by atoms with Gasteiger partial charge in [-0.25, -0.2) is 0 Å². The van der Waals surface area contributed by atoms with Gasteiger partial charge in [0.2, 0.25) is 0 Å². The molecule has 0 fully saturated rings. The van der Waals surface area contributed by atoms with E-state index in [0.29, 0.717) is 0 Å². The quantitative estimate of drug-likeness (QED) is 0.557. The summed E-state index contributed by atoms with van der Waals surface area (Å²) in [5.74, 6) is -3.06. The van der Waals surface area contributed by atoms with E-state index < -0.39 is 35.4 Å². The highest BCUT2D eigenvalue weighted by atomic mass is 16.5. The predicted octanol–water partition coefficient (Wildman–Crippen LogP) is 1.08. The van der Waals surface area contributed by atoms with Crippen molar-refractivity contribution in [2.75, 3.05) is 7.11 Å². The number of carbonyl (C=O) groups is 2. The number of rotatable bonds is 2. The van der Waals surface area contributed by atoms with Gasteiger partial charge in [0.15, 0.2) is 23.1 Å². The second-order valence-electron chi connectivity index (χ2n) is 5.00. The fraction of sp³-hybridized carbons (Fsp3) is 0.125. The number of hydrogen-bond acceptors (Lipinski definition) is 7. The first kappa shape index (κ1) is 14.9. The number of hydrogen-bond donors (Lipinski definition) is 4. The van der Waals surface area contributed by atoms with Crippen LogP contribution in [0.2, 0.25) is 0 Å². The molecule has 0 bridgehead atoms. The van der Waals surface area contributed by atoms with Gasteiger partial charge in [-0.15, -0.1) is 0 Å². The second-order valence-corrected chi connectivity index (χ2v) is 5.00. The molecule has 4 N–H and O–H groups in total. The average Bonchev–Trinajstić information content (AvgIpc) is 2.52. The van der Waals surface area contributed by atoms with Crippen LogP contribution in [0.25, 0.3) is 0 Å². The fourth-order valence-electron chi connectivity index (χ4n) is 2.69. The Bertz CT molecular complexity index is 867. The Labute approximate surface area is 130 Å². The number of fused-ring (bicyclic) bond motifs is 2. The maximum absolute atomic E-state index is 12.6. The van der Waals surface area contributed by atoms with Crippen molar-refractivity contribution < 1.29 is 34.8 Å². The summed E-state index contributed by atoms with van der Waals surface area (Å²) in [5, 5.41) is 39.2. The second kappa shape index (κ2) is 4.99. The molecule has 1 aliphatic rings. The lowest BCUT2D eigenvalue weighted by Crippen LogP contribution is -2.22. The number of carbonyl (C=O) groups excluding carboxylic acids is 2. The van der Waals surface area contributed by atoms with Crippen LogP contribution in [0, 0.1) is 0 Å². The number of phenols is 3. The van der Waals surface area contributed by atoms with Gasteiger partial charge >= 0.3 is 0 Å². The summed E-state index contributed by atoms with van der Waals surface area (Å²) >= 11 is 0. The average molecular weight is 316 g/mol. The number of aliphatic hydroxyl groups is 1. The zero-order valence-electron chi connectivity index (χ0n) is 12.0. The fourth-order valence-corrected chi connectivity index (χ4v) is 2.69. The van der Waals surface area contributed by atoms with Crippen LogP contribution in [0.15, 0.2) is 18.2 Å². The largest absolute Gasteiger partial charge is 0.507 e. The molecule has 0 aromatic heterocycles. The minimum Gasteiger partial charge on any atom is -0.507 e. The van der Waals surface area contributed by atoms with Crippen molar-refractivity contribution in [3.05, 3.63) is 46.0 Å². The predicted molar refractivity (Wildman–Crippen MR) is 77.2 cm³/mol. The summed E-state index contributed by atoms with van der Waals surface area (Å²) < 4.78 is 4.92. The molecule has 0 saturated carbocycles. The van der Waals surface area contributed by atoms with E-state index in [1.165, 1.54) is 19.2 Å². The molecule has 23 heavy (non-hydrogen) atoms. The molecule has 1 aliphatic carbocycles. The van der Waals surface area contributed by atoms with E-state index in [1.807, 2.05) is 0 Å². The third-order valence-electron chi connectivity index (χ3n) is 3.84. The first-order chi connectivity index (χ1) is 10.9. The molecule has 0 heterocycles. The molecule has 0 spiro atoms. The van der Waals surface area contributed by atoms with Gasteiger partial charge in [0, 0.05) is 11.1 Å². The Morgan fingerprint density at radius 2 is 1.57 bits per heavy atom. The molecule has 7 nitrogen and oxygen atoms in total. The first-order valence-corrected chi connectivity index (χ1v) is 6.60. The summed E-state index contributed by atoms with van der Waals surface area (Å²) in [5.41, 5.74) is -1.15. The highest BCUT2D eigenvalue weighted by molar-refractivity contribution is 6.30. The molecule has 2 aromatic rings. The van der Waals surface area contributed by atoms with E-state index in [9.17, 15) is 30.0 Å². The van der Waals surface area contributed by atoms with Crippen molar-refractivity contribution in [1.29, 1.82) is 0 Å². The van der Waals surface area contributed by atoms with Gasteiger partial charge in [-0.05, 0) is 18.2 Å². The Balaban J connectivity index is 2.36. The number of methoxy groups -OCH3 is 1. The van der Waals surface area contributed by atoms with Crippen LogP contribution >= 0.6 is 0 Å². The van der Waals surface area contributed by atoms with E-state index in [-0.39, 0.29) is 33.6 Å². The number of aromatic hydroxyl groups is 3. The lowest BCUT2D eigenvalue weighted by molar-refractivity contribution is 0.0973. The number of benzene rings is 2. The first-order valence-electron chi connectivity index (χ1n) is 6.60. The summed E-state index contributed by atoms with van der Waals surface area (Å²) in [6.45, 7) is -0.701. The highest BCUT2D eigenvalue weighted by Crippen LogP contribution is 2.43. The van der Waals surface area contributed by atoms with Gasteiger partial charge in [-0.3, -0.25) is 9.59 Å². The van der Waals surface area contributed by atoms with Crippen molar-refractivity contribution in [2.45, 2.75) is 6.61 Å². The SMILES string of the molecule is COc1ccc2c(c1O)C(=O)c1cc(O)c(CO)c(O)c1C2=O. The summed E-state index contributed by atoms with van der Waals surface area (Å²) in [6.07, 6.45) is 0. The molecule has 0 saturated heterocycles. The van der Waals surface area contributed by atoms with Crippen molar-refractivity contribution in [1.82, 2.24) is 0 Å². The zero-order chi connectivity index (χ0) is 16.9. The third kappa shape index (κ3) is 1.87. The van der Waals surface area contributed by atoms with Crippen LogP contribution in [0.3, 0.4) is 0 Å². The van der Waals surface area contributed by atoms with Crippen LogP contribution < -0.4 is 4.74 Å². The molecule has 7 heteroatoms. The lowest BCUT2D eigenvalue weighted by atomic mass is 9.81. The van der Waals surface area contributed by atoms with E-state index in [1.54, 1.807) is 0 Å². The molecular weight excluding hydrogens is 304 g/mol. The smallest absolute Gasteiger partial charge is 0.198 e. The van der Waals surface area contributed by atoms with Gasteiger partial charge in [0.25, 0.3) is 0 Å². The normalized spacial score (nSPS) is 12.8.